The van der Waals surface area contributed by atoms with Crippen molar-refractivity contribution in [3.05, 3.63) is 64.1 Å². The summed E-state index contributed by atoms with van der Waals surface area (Å²) in [6.07, 6.45) is 0.615. The van der Waals surface area contributed by atoms with Crippen molar-refractivity contribution in [3.8, 4) is 5.75 Å². The van der Waals surface area contributed by atoms with Crippen LogP contribution in [0.2, 0.25) is 0 Å². The molecule has 0 spiro atoms. The van der Waals surface area contributed by atoms with E-state index in [0.717, 1.165) is 37.5 Å². The second kappa shape index (κ2) is 7.25. The molecule has 0 unspecified atom stereocenters. The Bertz CT molecular complexity index is 815. The zero-order valence-corrected chi connectivity index (χ0v) is 15.2. The zero-order valence-electron chi connectivity index (χ0n) is 15.2. The van der Waals surface area contributed by atoms with Crippen molar-refractivity contribution in [2.75, 3.05) is 26.2 Å². The minimum Gasteiger partial charge on any atom is -0.491 e. The number of rotatable bonds is 5. The van der Waals surface area contributed by atoms with Crippen molar-refractivity contribution >= 4 is 0 Å². The van der Waals surface area contributed by atoms with E-state index in [-0.39, 0.29) is 5.56 Å². The number of fused-ring (bicyclic) bond motifs is 4. The first-order valence-electron chi connectivity index (χ1n) is 9.38. The van der Waals surface area contributed by atoms with Crippen LogP contribution in [0.25, 0.3) is 0 Å². The average molecular weight is 354 g/mol. The summed E-state index contributed by atoms with van der Waals surface area (Å²) < 4.78 is 7.65. The molecule has 0 aliphatic carbocycles. The molecule has 1 aromatic carbocycles. The van der Waals surface area contributed by atoms with Crippen LogP contribution in [0.15, 0.2) is 47.3 Å². The maximum atomic E-state index is 12.1. The van der Waals surface area contributed by atoms with E-state index in [0.29, 0.717) is 25.0 Å². The molecule has 3 atom stereocenters. The Morgan fingerprint density at radius 2 is 1.96 bits per heavy atom. The lowest BCUT2D eigenvalue weighted by Crippen LogP contribution is -2.49. The quantitative estimate of drug-likeness (QED) is 0.893. The third-order valence-corrected chi connectivity index (χ3v) is 5.49. The standard InChI is InChI=1S/C21H26N2O3/c1-15-5-7-19(8-6-15)26-14-18(24)13-22-10-16-9-17(12-22)20-3-2-4-21(25)23(20)11-16/h2-8,16-18,24H,9-14H2,1H3/t16-,17+,18-/m0/s1. The first-order valence-corrected chi connectivity index (χ1v) is 9.38. The fourth-order valence-electron chi connectivity index (χ4n) is 4.32. The van der Waals surface area contributed by atoms with Crippen LogP contribution < -0.4 is 10.3 Å². The first-order chi connectivity index (χ1) is 12.6. The van der Waals surface area contributed by atoms with Crippen LogP contribution in [0.3, 0.4) is 0 Å². The monoisotopic (exact) mass is 354 g/mol. The van der Waals surface area contributed by atoms with E-state index >= 15 is 0 Å². The normalized spacial score (nSPS) is 23.3. The SMILES string of the molecule is Cc1ccc(OC[C@@H](O)CN2C[C@@H]3C[C@H](C2)c2cccc(=O)n2C3)cc1. The molecule has 2 aliphatic heterocycles. The smallest absolute Gasteiger partial charge is 0.250 e. The van der Waals surface area contributed by atoms with Gasteiger partial charge in [-0.3, -0.25) is 9.69 Å². The van der Waals surface area contributed by atoms with Crippen LogP contribution in [-0.4, -0.2) is 46.9 Å². The summed E-state index contributed by atoms with van der Waals surface area (Å²) in [7, 11) is 0. The van der Waals surface area contributed by atoms with Crippen LogP contribution in [0.5, 0.6) is 5.75 Å². The fourth-order valence-corrected chi connectivity index (χ4v) is 4.32. The lowest BCUT2D eigenvalue weighted by Gasteiger charge is -2.43. The number of aliphatic hydroxyl groups excluding tert-OH is 1. The highest BCUT2D eigenvalue weighted by molar-refractivity contribution is 5.26. The summed E-state index contributed by atoms with van der Waals surface area (Å²) in [5.74, 6) is 1.65. The van der Waals surface area contributed by atoms with E-state index in [4.69, 9.17) is 4.74 Å². The topological polar surface area (TPSA) is 54.7 Å². The predicted octanol–water partition coefficient (Wildman–Crippen LogP) is 2.02. The zero-order chi connectivity index (χ0) is 18.1. The van der Waals surface area contributed by atoms with Gasteiger partial charge in [0.25, 0.3) is 5.56 Å². The molecule has 0 radical (unpaired) electrons. The lowest BCUT2D eigenvalue weighted by atomic mass is 9.83. The van der Waals surface area contributed by atoms with E-state index in [1.54, 1.807) is 6.07 Å². The van der Waals surface area contributed by atoms with Gasteiger partial charge in [-0.25, -0.2) is 0 Å². The third-order valence-electron chi connectivity index (χ3n) is 5.49. The third kappa shape index (κ3) is 3.69. The predicted molar refractivity (Wildman–Crippen MR) is 101 cm³/mol. The summed E-state index contributed by atoms with van der Waals surface area (Å²) in [6.45, 7) is 5.55. The van der Waals surface area contributed by atoms with Gasteiger partial charge in [0.1, 0.15) is 18.5 Å². The van der Waals surface area contributed by atoms with E-state index in [1.165, 1.54) is 5.56 Å². The van der Waals surface area contributed by atoms with E-state index in [2.05, 4.69) is 11.0 Å². The van der Waals surface area contributed by atoms with Crippen LogP contribution in [-0.2, 0) is 6.54 Å². The number of likely N-dealkylation sites (tertiary alicyclic amines) is 1. The van der Waals surface area contributed by atoms with Crippen molar-refractivity contribution < 1.29 is 9.84 Å². The summed E-state index contributed by atoms with van der Waals surface area (Å²) in [4.78, 5) is 14.4. The van der Waals surface area contributed by atoms with Gasteiger partial charge >= 0.3 is 0 Å². The van der Waals surface area contributed by atoms with E-state index in [1.807, 2.05) is 41.8 Å². The van der Waals surface area contributed by atoms with Crippen molar-refractivity contribution in [2.45, 2.75) is 31.9 Å². The van der Waals surface area contributed by atoms with Crippen molar-refractivity contribution in [1.82, 2.24) is 9.47 Å². The molecule has 5 heteroatoms. The molecule has 4 rings (SSSR count). The number of ether oxygens (including phenoxy) is 1. The number of pyridine rings is 1. The number of aryl methyl sites for hydroxylation is 1. The van der Waals surface area contributed by atoms with Gasteiger partial charge in [0.15, 0.2) is 0 Å². The molecule has 1 N–H and O–H groups in total. The van der Waals surface area contributed by atoms with Gasteiger partial charge < -0.3 is 14.4 Å². The van der Waals surface area contributed by atoms with Crippen molar-refractivity contribution in [3.63, 3.8) is 0 Å². The number of aliphatic hydroxyl groups is 1. The number of hydrogen-bond acceptors (Lipinski definition) is 4. The summed E-state index contributed by atoms with van der Waals surface area (Å²) >= 11 is 0. The minimum absolute atomic E-state index is 0.109. The number of benzene rings is 1. The summed E-state index contributed by atoms with van der Waals surface area (Å²) in [6, 6.07) is 13.5. The van der Waals surface area contributed by atoms with Gasteiger partial charge in [-0.2, -0.15) is 0 Å². The molecule has 5 nitrogen and oxygen atoms in total. The van der Waals surface area contributed by atoms with Gasteiger partial charge in [0.2, 0.25) is 0 Å². The van der Waals surface area contributed by atoms with Gasteiger partial charge in [-0.15, -0.1) is 0 Å². The Kier molecular flexibility index (Phi) is 4.83. The Morgan fingerprint density at radius 3 is 2.77 bits per heavy atom. The maximum absolute atomic E-state index is 12.1. The van der Waals surface area contributed by atoms with Crippen LogP contribution in [0.4, 0.5) is 0 Å². The van der Waals surface area contributed by atoms with Crippen LogP contribution >= 0.6 is 0 Å². The summed E-state index contributed by atoms with van der Waals surface area (Å²) in [5, 5.41) is 10.4. The molecule has 3 heterocycles. The Hall–Kier alpha value is -2.11. The van der Waals surface area contributed by atoms with E-state index < -0.39 is 6.10 Å². The number of β-amino-alcohol motifs (C(OH)–C–C–N with tert-alkyl or cyclic N) is 1. The Morgan fingerprint density at radius 1 is 1.15 bits per heavy atom. The molecule has 1 fully saturated rings. The molecule has 26 heavy (non-hydrogen) atoms. The number of hydrogen-bond donors (Lipinski definition) is 1. The molecule has 1 saturated heterocycles. The number of nitrogens with zero attached hydrogens (tertiary/aromatic N) is 2. The highest BCUT2D eigenvalue weighted by Gasteiger charge is 2.34. The fraction of sp³-hybridized carbons (Fsp3) is 0.476. The second-order valence-corrected chi connectivity index (χ2v) is 7.69. The average Bonchev–Trinajstić information content (AvgIpc) is 2.62. The highest BCUT2D eigenvalue weighted by atomic mass is 16.5. The lowest BCUT2D eigenvalue weighted by molar-refractivity contribution is 0.0384. The Labute approximate surface area is 153 Å². The van der Waals surface area contributed by atoms with Crippen LogP contribution in [0.1, 0.15) is 23.6 Å². The molecule has 0 saturated carbocycles. The molecular weight excluding hydrogens is 328 g/mol. The van der Waals surface area contributed by atoms with Gasteiger partial charge in [0, 0.05) is 43.9 Å². The molecule has 0 amide bonds. The summed E-state index contributed by atoms with van der Waals surface area (Å²) in [5.41, 5.74) is 2.44. The largest absolute Gasteiger partial charge is 0.491 e. The van der Waals surface area contributed by atoms with E-state index in [9.17, 15) is 9.90 Å². The number of piperidine rings is 1. The van der Waals surface area contributed by atoms with Crippen molar-refractivity contribution in [2.24, 2.45) is 5.92 Å². The maximum Gasteiger partial charge on any atom is 0.250 e. The molecule has 2 aromatic rings. The van der Waals surface area contributed by atoms with Gasteiger partial charge in [-0.1, -0.05) is 23.8 Å². The molecule has 2 aliphatic rings. The molecule has 2 bridgehead atoms. The second-order valence-electron chi connectivity index (χ2n) is 7.69. The molecule has 138 valence electrons. The highest BCUT2D eigenvalue weighted by Crippen LogP contribution is 2.34. The molecular formula is C21H26N2O3. The van der Waals surface area contributed by atoms with Crippen molar-refractivity contribution in [1.29, 1.82) is 0 Å². The van der Waals surface area contributed by atoms with Gasteiger partial charge in [-0.05, 0) is 37.5 Å². The minimum atomic E-state index is -0.520. The Balaban J connectivity index is 1.35. The van der Waals surface area contributed by atoms with Crippen LogP contribution in [0, 0.1) is 12.8 Å². The van der Waals surface area contributed by atoms with Gasteiger partial charge in [0.05, 0.1) is 0 Å². The number of aromatic nitrogens is 1. The first kappa shape index (κ1) is 17.3. The molecule has 1 aromatic heterocycles.